The predicted octanol–water partition coefficient (Wildman–Crippen LogP) is 0.652. The molecule has 1 aliphatic heterocycles. The van der Waals surface area contributed by atoms with Crippen molar-refractivity contribution in [3.8, 4) is 0 Å². The molecule has 6 heteroatoms. The summed E-state index contributed by atoms with van der Waals surface area (Å²) in [5.41, 5.74) is 0. The number of aliphatic hydroxyl groups is 1. The zero-order chi connectivity index (χ0) is 13.7. The fourth-order valence-corrected chi connectivity index (χ4v) is 2.33. The second-order valence-electron chi connectivity index (χ2n) is 5.02. The van der Waals surface area contributed by atoms with Crippen molar-refractivity contribution < 1.29 is 19.8 Å². The van der Waals surface area contributed by atoms with Gasteiger partial charge in [0.2, 0.25) is 0 Å². The molecular weight excluding hydrogens is 236 g/mol. The standard InChI is InChI=1S/C12H22N2O4/c1-8-3-5-14(9(2)7-8)12(18)13-10(4-6-15)11(16)17/h8-10,15H,3-7H2,1-2H3,(H,13,18)(H,16,17)/t8?,9?,10-/m0/s1. The van der Waals surface area contributed by atoms with E-state index >= 15 is 0 Å². The number of likely N-dealkylation sites (tertiary alicyclic amines) is 1. The first-order chi connectivity index (χ1) is 8.45. The van der Waals surface area contributed by atoms with E-state index in [0.29, 0.717) is 12.5 Å². The number of hydrogen-bond acceptors (Lipinski definition) is 3. The van der Waals surface area contributed by atoms with Gasteiger partial charge in [-0.05, 0) is 25.7 Å². The number of rotatable bonds is 4. The summed E-state index contributed by atoms with van der Waals surface area (Å²) in [5.74, 6) is -0.521. The van der Waals surface area contributed by atoms with Crippen LogP contribution in [0.2, 0.25) is 0 Å². The van der Waals surface area contributed by atoms with Crippen LogP contribution in [-0.2, 0) is 4.79 Å². The highest BCUT2D eigenvalue weighted by atomic mass is 16.4. The largest absolute Gasteiger partial charge is 0.480 e. The highest BCUT2D eigenvalue weighted by Crippen LogP contribution is 2.22. The molecule has 6 nitrogen and oxygen atoms in total. The van der Waals surface area contributed by atoms with Crippen LogP contribution in [0.25, 0.3) is 0 Å². The molecule has 1 heterocycles. The zero-order valence-electron chi connectivity index (χ0n) is 10.9. The van der Waals surface area contributed by atoms with E-state index in [1.54, 1.807) is 4.90 Å². The zero-order valence-corrected chi connectivity index (χ0v) is 10.9. The van der Waals surface area contributed by atoms with Crippen LogP contribution in [0.1, 0.15) is 33.1 Å². The average Bonchev–Trinajstić information content (AvgIpc) is 2.27. The number of nitrogens with zero attached hydrogens (tertiary/aromatic N) is 1. The van der Waals surface area contributed by atoms with Gasteiger partial charge in [-0.25, -0.2) is 9.59 Å². The first kappa shape index (κ1) is 14.8. The lowest BCUT2D eigenvalue weighted by atomic mass is 9.94. The minimum Gasteiger partial charge on any atom is -0.480 e. The van der Waals surface area contributed by atoms with Crippen molar-refractivity contribution in [2.75, 3.05) is 13.2 Å². The van der Waals surface area contributed by atoms with Crippen LogP contribution in [0.4, 0.5) is 4.79 Å². The molecule has 0 saturated carbocycles. The van der Waals surface area contributed by atoms with Crippen LogP contribution >= 0.6 is 0 Å². The van der Waals surface area contributed by atoms with Gasteiger partial charge < -0.3 is 20.4 Å². The maximum absolute atomic E-state index is 12.0. The summed E-state index contributed by atoms with van der Waals surface area (Å²) in [6, 6.07) is -1.25. The highest BCUT2D eigenvalue weighted by Gasteiger charge is 2.29. The minimum atomic E-state index is -1.12. The SMILES string of the molecule is CC1CCN(C(=O)N[C@@H](CCO)C(=O)O)C(C)C1. The van der Waals surface area contributed by atoms with Gasteiger partial charge >= 0.3 is 12.0 Å². The Bertz CT molecular complexity index is 308. The monoisotopic (exact) mass is 258 g/mol. The number of urea groups is 1. The molecule has 0 aromatic carbocycles. The summed E-state index contributed by atoms with van der Waals surface area (Å²) < 4.78 is 0. The first-order valence-corrected chi connectivity index (χ1v) is 6.36. The molecule has 0 aromatic heterocycles. The third-order valence-corrected chi connectivity index (χ3v) is 3.41. The molecule has 0 radical (unpaired) electrons. The quantitative estimate of drug-likeness (QED) is 0.690. The average molecular weight is 258 g/mol. The molecule has 104 valence electrons. The van der Waals surface area contributed by atoms with Crippen molar-refractivity contribution in [3.05, 3.63) is 0 Å². The second-order valence-corrected chi connectivity index (χ2v) is 5.02. The van der Waals surface area contributed by atoms with E-state index in [1.807, 2.05) is 6.92 Å². The Labute approximate surface area is 107 Å². The van der Waals surface area contributed by atoms with Gasteiger partial charge in [0.1, 0.15) is 6.04 Å². The molecule has 0 spiro atoms. The van der Waals surface area contributed by atoms with Gasteiger partial charge in [-0.1, -0.05) is 6.92 Å². The molecule has 1 aliphatic rings. The van der Waals surface area contributed by atoms with E-state index in [-0.39, 0.29) is 25.1 Å². The van der Waals surface area contributed by atoms with Gasteiger partial charge in [0.15, 0.2) is 0 Å². The van der Waals surface area contributed by atoms with Crippen LogP contribution in [0.15, 0.2) is 0 Å². The number of amides is 2. The number of carbonyl (C=O) groups is 2. The normalized spacial score (nSPS) is 25.6. The van der Waals surface area contributed by atoms with Crippen LogP contribution < -0.4 is 5.32 Å². The van der Waals surface area contributed by atoms with Crippen molar-refractivity contribution in [1.82, 2.24) is 10.2 Å². The lowest BCUT2D eigenvalue weighted by Crippen LogP contribution is -2.53. The highest BCUT2D eigenvalue weighted by molar-refractivity contribution is 5.82. The molecule has 1 rings (SSSR count). The molecule has 18 heavy (non-hydrogen) atoms. The number of hydrogen-bond donors (Lipinski definition) is 3. The lowest BCUT2D eigenvalue weighted by Gasteiger charge is -2.37. The van der Waals surface area contributed by atoms with Gasteiger partial charge in [0, 0.05) is 25.6 Å². The Morgan fingerprint density at radius 1 is 1.44 bits per heavy atom. The number of carboxylic acid groups (broad SMARTS) is 1. The van der Waals surface area contributed by atoms with E-state index < -0.39 is 12.0 Å². The minimum absolute atomic E-state index is 0.0275. The van der Waals surface area contributed by atoms with E-state index in [4.69, 9.17) is 10.2 Å². The Hall–Kier alpha value is -1.30. The number of aliphatic hydroxyl groups excluding tert-OH is 1. The first-order valence-electron chi connectivity index (χ1n) is 6.36. The lowest BCUT2D eigenvalue weighted by molar-refractivity contribution is -0.139. The maximum atomic E-state index is 12.0. The van der Waals surface area contributed by atoms with Crippen molar-refractivity contribution in [3.63, 3.8) is 0 Å². The number of aliphatic carboxylic acids is 1. The van der Waals surface area contributed by atoms with Crippen LogP contribution in [0.3, 0.4) is 0 Å². The third-order valence-electron chi connectivity index (χ3n) is 3.41. The number of nitrogens with one attached hydrogen (secondary N) is 1. The number of piperidine rings is 1. The predicted molar refractivity (Wildman–Crippen MR) is 66.2 cm³/mol. The van der Waals surface area contributed by atoms with Crippen molar-refractivity contribution >= 4 is 12.0 Å². The van der Waals surface area contributed by atoms with E-state index in [1.165, 1.54) is 0 Å². The molecular formula is C12H22N2O4. The maximum Gasteiger partial charge on any atom is 0.326 e. The van der Waals surface area contributed by atoms with E-state index in [0.717, 1.165) is 12.8 Å². The van der Waals surface area contributed by atoms with E-state index in [2.05, 4.69) is 12.2 Å². The fraction of sp³-hybridized carbons (Fsp3) is 0.833. The topological polar surface area (TPSA) is 89.9 Å². The third kappa shape index (κ3) is 3.87. The molecule has 1 fully saturated rings. The summed E-state index contributed by atoms with van der Waals surface area (Å²) in [6.07, 6.45) is 1.90. The number of carboxylic acids is 1. The summed E-state index contributed by atoms with van der Waals surface area (Å²) in [5, 5.41) is 20.1. The molecule has 1 saturated heterocycles. The van der Waals surface area contributed by atoms with Gasteiger partial charge in [0.25, 0.3) is 0 Å². The second kappa shape index (κ2) is 6.58. The summed E-state index contributed by atoms with van der Waals surface area (Å²) >= 11 is 0. The summed E-state index contributed by atoms with van der Waals surface area (Å²) in [7, 11) is 0. The molecule has 0 aliphatic carbocycles. The van der Waals surface area contributed by atoms with Crippen LogP contribution in [0, 0.1) is 5.92 Å². The Morgan fingerprint density at radius 3 is 2.61 bits per heavy atom. The molecule has 0 aromatic rings. The van der Waals surface area contributed by atoms with Crippen molar-refractivity contribution in [1.29, 1.82) is 0 Å². The van der Waals surface area contributed by atoms with Crippen molar-refractivity contribution in [2.45, 2.75) is 45.2 Å². The van der Waals surface area contributed by atoms with Crippen LogP contribution in [-0.4, -0.2) is 52.3 Å². The summed E-state index contributed by atoms with van der Waals surface area (Å²) in [6.45, 7) is 4.51. The molecule has 2 unspecified atom stereocenters. The van der Waals surface area contributed by atoms with Gasteiger partial charge in [0.05, 0.1) is 0 Å². The Kier molecular flexibility index (Phi) is 5.40. The Balaban J connectivity index is 2.55. The fourth-order valence-electron chi connectivity index (χ4n) is 2.33. The van der Waals surface area contributed by atoms with Crippen LogP contribution in [0.5, 0.6) is 0 Å². The smallest absolute Gasteiger partial charge is 0.326 e. The molecule has 3 atom stereocenters. The van der Waals surface area contributed by atoms with Gasteiger partial charge in [-0.2, -0.15) is 0 Å². The van der Waals surface area contributed by atoms with Gasteiger partial charge in [-0.15, -0.1) is 0 Å². The summed E-state index contributed by atoms with van der Waals surface area (Å²) in [4.78, 5) is 24.5. The van der Waals surface area contributed by atoms with Crippen molar-refractivity contribution in [2.24, 2.45) is 5.92 Å². The Morgan fingerprint density at radius 2 is 2.11 bits per heavy atom. The molecule has 3 N–H and O–H groups in total. The van der Waals surface area contributed by atoms with Gasteiger partial charge in [-0.3, -0.25) is 0 Å². The molecule has 0 bridgehead atoms. The molecule has 2 amide bonds. The number of carbonyl (C=O) groups excluding carboxylic acids is 1. The van der Waals surface area contributed by atoms with E-state index in [9.17, 15) is 9.59 Å².